The van der Waals surface area contributed by atoms with Crippen LogP contribution >= 0.6 is 0 Å². The second-order valence-electron chi connectivity index (χ2n) is 5.15. The van der Waals surface area contributed by atoms with Gasteiger partial charge in [0.15, 0.2) is 0 Å². The molecule has 3 rings (SSSR count). The number of nitrogens with one attached hydrogen (secondary N) is 3. The van der Waals surface area contributed by atoms with Gasteiger partial charge in [-0.25, -0.2) is 0 Å². The number of nitrogens with zero attached hydrogens (tertiary/aromatic N) is 2. The zero-order chi connectivity index (χ0) is 14.7. The van der Waals surface area contributed by atoms with Crippen molar-refractivity contribution in [1.29, 1.82) is 0 Å². The van der Waals surface area contributed by atoms with Gasteiger partial charge in [0, 0.05) is 31.4 Å². The van der Waals surface area contributed by atoms with E-state index in [1.165, 1.54) is 0 Å². The van der Waals surface area contributed by atoms with Crippen molar-refractivity contribution in [2.45, 2.75) is 13.5 Å². The SMILES string of the molecule is Cc1cnn(CCNC(=O)c2ccc3c(c2)NCCN3)c1. The van der Waals surface area contributed by atoms with Crippen molar-refractivity contribution in [3.05, 3.63) is 41.7 Å². The molecule has 0 bridgehead atoms. The molecule has 1 aromatic heterocycles. The molecule has 1 aliphatic rings. The molecule has 0 saturated carbocycles. The molecule has 1 aliphatic heterocycles. The minimum atomic E-state index is -0.0611. The summed E-state index contributed by atoms with van der Waals surface area (Å²) in [7, 11) is 0. The Hall–Kier alpha value is -2.50. The maximum Gasteiger partial charge on any atom is 0.251 e. The third-order valence-corrected chi connectivity index (χ3v) is 3.43. The van der Waals surface area contributed by atoms with Gasteiger partial charge in [-0.1, -0.05) is 0 Å². The Morgan fingerprint density at radius 2 is 2.14 bits per heavy atom. The summed E-state index contributed by atoms with van der Waals surface area (Å²) >= 11 is 0. The molecule has 0 saturated heterocycles. The molecule has 2 heterocycles. The van der Waals surface area contributed by atoms with Gasteiger partial charge in [-0.3, -0.25) is 9.48 Å². The van der Waals surface area contributed by atoms with Crippen LogP contribution in [-0.4, -0.2) is 35.3 Å². The number of aryl methyl sites for hydroxylation is 1. The molecular formula is C15H19N5O. The molecular weight excluding hydrogens is 266 g/mol. The van der Waals surface area contributed by atoms with Crippen LogP contribution in [0.1, 0.15) is 15.9 Å². The molecule has 0 aliphatic carbocycles. The zero-order valence-corrected chi connectivity index (χ0v) is 12.0. The van der Waals surface area contributed by atoms with Crippen LogP contribution in [0.3, 0.4) is 0 Å². The van der Waals surface area contributed by atoms with Gasteiger partial charge in [-0.2, -0.15) is 5.10 Å². The lowest BCUT2D eigenvalue weighted by Crippen LogP contribution is -2.28. The number of amides is 1. The van der Waals surface area contributed by atoms with E-state index in [0.717, 1.165) is 30.0 Å². The normalized spacial score (nSPS) is 13.0. The third-order valence-electron chi connectivity index (χ3n) is 3.43. The van der Waals surface area contributed by atoms with Gasteiger partial charge in [0.2, 0.25) is 0 Å². The van der Waals surface area contributed by atoms with Crippen molar-refractivity contribution in [1.82, 2.24) is 15.1 Å². The van der Waals surface area contributed by atoms with Crippen LogP contribution in [0, 0.1) is 6.92 Å². The molecule has 21 heavy (non-hydrogen) atoms. The summed E-state index contributed by atoms with van der Waals surface area (Å²) in [6.07, 6.45) is 3.77. The van der Waals surface area contributed by atoms with Crippen molar-refractivity contribution in [3.63, 3.8) is 0 Å². The second kappa shape index (κ2) is 5.87. The van der Waals surface area contributed by atoms with Gasteiger partial charge in [0.05, 0.1) is 24.1 Å². The summed E-state index contributed by atoms with van der Waals surface area (Å²) in [6, 6.07) is 5.66. The van der Waals surface area contributed by atoms with E-state index in [-0.39, 0.29) is 5.91 Å². The standard InChI is InChI=1S/C15H19N5O/c1-11-9-19-20(10-11)7-6-18-15(21)12-2-3-13-14(8-12)17-5-4-16-13/h2-3,8-10,16-17H,4-7H2,1H3,(H,18,21). The van der Waals surface area contributed by atoms with Crippen LogP contribution in [0.25, 0.3) is 0 Å². The molecule has 1 aromatic carbocycles. The highest BCUT2D eigenvalue weighted by Gasteiger charge is 2.11. The Morgan fingerprint density at radius 1 is 1.33 bits per heavy atom. The van der Waals surface area contributed by atoms with Crippen LogP contribution in [0.15, 0.2) is 30.6 Å². The second-order valence-corrected chi connectivity index (χ2v) is 5.15. The Kier molecular flexibility index (Phi) is 3.77. The van der Waals surface area contributed by atoms with Crippen molar-refractivity contribution in [3.8, 4) is 0 Å². The van der Waals surface area contributed by atoms with E-state index in [9.17, 15) is 4.79 Å². The van der Waals surface area contributed by atoms with E-state index in [2.05, 4.69) is 21.0 Å². The van der Waals surface area contributed by atoms with E-state index >= 15 is 0 Å². The Morgan fingerprint density at radius 3 is 2.90 bits per heavy atom. The maximum atomic E-state index is 12.1. The first-order valence-electron chi connectivity index (χ1n) is 7.11. The minimum Gasteiger partial charge on any atom is -0.382 e. The maximum absolute atomic E-state index is 12.1. The predicted octanol–water partition coefficient (Wildman–Crippen LogP) is 1.46. The van der Waals surface area contributed by atoms with E-state index in [1.807, 2.05) is 42.2 Å². The summed E-state index contributed by atoms with van der Waals surface area (Å²) in [5, 5.41) is 13.7. The highest BCUT2D eigenvalue weighted by Crippen LogP contribution is 2.25. The average molecular weight is 285 g/mol. The van der Waals surface area contributed by atoms with Crippen LogP contribution in [0.5, 0.6) is 0 Å². The number of anilines is 2. The number of benzene rings is 1. The van der Waals surface area contributed by atoms with E-state index in [1.54, 1.807) is 0 Å². The summed E-state index contributed by atoms with van der Waals surface area (Å²) in [5.74, 6) is -0.0611. The van der Waals surface area contributed by atoms with E-state index in [0.29, 0.717) is 18.7 Å². The molecule has 0 spiro atoms. The molecule has 0 unspecified atom stereocenters. The highest BCUT2D eigenvalue weighted by molar-refractivity contribution is 5.96. The van der Waals surface area contributed by atoms with Crippen LogP contribution < -0.4 is 16.0 Å². The quantitative estimate of drug-likeness (QED) is 0.795. The predicted molar refractivity (Wildman–Crippen MR) is 82.7 cm³/mol. The topological polar surface area (TPSA) is 71.0 Å². The Bertz CT molecular complexity index is 649. The molecule has 2 aromatic rings. The fraction of sp³-hybridized carbons (Fsp3) is 0.333. The number of fused-ring (bicyclic) bond motifs is 1. The third kappa shape index (κ3) is 3.16. The van der Waals surface area contributed by atoms with Crippen molar-refractivity contribution in [2.75, 3.05) is 30.3 Å². The lowest BCUT2D eigenvalue weighted by atomic mass is 10.1. The fourth-order valence-corrected chi connectivity index (χ4v) is 2.36. The van der Waals surface area contributed by atoms with Crippen molar-refractivity contribution < 1.29 is 4.79 Å². The zero-order valence-electron chi connectivity index (χ0n) is 12.0. The number of aromatic nitrogens is 2. The molecule has 0 atom stereocenters. The number of carbonyl (C=O) groups is 1. The fourth-order valence-electron chi connectivity index (χ4n) is 2.36. The molecule has 1 amide bonds. The van der Waals surface area contributed by atoms with E-state index < -0.39 is 0 Å². The van der Waals surface area contributed by atoms with Gasteiger partial charge in [-0.05, 0) is 30.7 Å². The number of hydrogen-bond acceptors (Lipinski definition) is 4. The van der Waals surface area contributed by atoms with Crippen LogP contribution in [0.2, 0.25) is 0 Å². The Balaban J connectivity index is 1.57. The molecule has 0 radical (unpaired) electrons. The van der Waals surface area contributed by atoms with Gasteiger partial charge in [0.25, 0.3) is 5.91 Å². The first-order valence-corrected chi connectivity index (χ1v) is 7.11. The minimum absolute atomic E-state index is 0.0611. The molecule has 3 N–H and O–H groups in total. The first kappa shape index (κ1) is 13.5. The smallest absolute Gasteiger partial charge is 0.251 e. The Labute approximate surface area is 123 Å². The number of carbonyl (C=O) groups excluding carboxylic acids is 1. The van der Waals surface area contributed by atoms with Gasteiger partial charge >= 0.3 is 0 Å². The van der Waals surface area contributed by atoms with E-state index in [4.69, 9.17) is 0 Å². The molecule has 6 nitrogen and oxygen atoms in total. The largest absolute Gasteiger partial charge is 0.382 e. The molecule has 0 fully saturated rings. The van der Waals surface area contributed by atoms with Gasteiger partial charge in [0.1, 0.15) is 0 Å². The van der Waals surface area contributed by atoms with Crippen molar-refractivity contribution >= 4 is 17.3 Å². The first-order chi connectivity index (χ1) is 10.2. The van der Waals surface area contributed by atoms with Crippen LogP contribution in [0.4, 0.5) is 11.4 Å². The van der Waals surface area contributed by atoms with Crippen LogP contribution in [-0.2, 0) is 6.54 Å². The summed E-state index contributed by atoms with van der Waals surface area (Å²) in [4.78, 5) is 12.1. The van der Waals surface area contributed by atoms with Gasteiger partial charge in [-0.15, -0.1) is 0 Å². The lowest BCUT2D eigenvalue weighted by Gasteiger charge is -2.20. The monoisotopic (exact) mass is 285 g/mol. The summed E-state index contributed by atoms with van der Waals surface area (Å²) in [5.41, 5.74) is 3.82. The number of hydrogen-bond donors (Lipinski definition) is 3. The molecule has 6 heteroatoms. The lowest BCUT2D eigenvalue weighted by molar-refractivity contribution is 0.0952. The average Bonchev–Trinajstić information content (AvgIpc) is 2.92. The highest BCUT2D eigenvalue weighted by atomic mass is 16.1. The van der Waals surface area contributed by atoms with Crippen molar-refractivity contribution in [2.24, 2.45) is 0 Å². The molecule has 110 valence electrons. The number of rotatable bonds is 4. The van der Waals surface area contributed by atoms with Gasteiger partial charge < -0.3 is 16.0 Å². The summed E-state index contributed by atoms with van der Waals surface area (Å²) in [6.45, 7) is 5.00. The summed E-state index contributed by atoms with van der Waals surface area (Å²) < 4.78 is 1.83.